The molecule has 6 heteroatoms. The van der Waals surface area contributed by atoms with Crippen LogP contribution in [0.25, 0.3) is 11.0 Å². The summed E-state index contributed by atoms with van der Waals surface area (Å²) in [5.74, 6) is 0.549. The lowest BCUT2D eigenvalue weighted by molar-refractivity contribution is -0.146. The summed E-state index contributed by atoms with van der Waals surface area (Å²) in [7, 11) is 0. The van der Waals surface area contributed by atoms with Crippen LogP contribution >= 0.6 is 0 Å². The second-order valence-electron chi connectivity index (χ2n) is 5.83. The second-order valence-corrected chi connectivity index (χ2v) is 5.83. The number of aromatic nitrogens is 2. The molecule has 0 radical (unpaired) electrons. The smallest absolute Gasteiger partial charge is 0.323 e. The van der Waals surface area contributed by atoms with Gasteiger partial charge in [-0.25, -0.2) is 9.37 Å². The number of ether oxygens (including phenoxy) is 1. The molecule has 0 amide bonds. The minimum atomic E-state index is -0.319. The van der Waals surface area contributed by atoms with Crippen LogP contribution in [0.3, 0.4) is 0 Å². The van der Waals surface area contributed by atoms with Crippen LogP contribution in [0.2, 0.25) is 0 Å². The van der Waals surface area contributed by atoms with E-state index in [4.69, 9.17) is 4.74 Å². The maximum Gasteiger partial charge on any atom is 0.323 e. The average Bonchev–Trinajstić information content (AvgIpc) is 3.29. The normalized spacial score (nSPS) is 15.8. The Morgan fingerprint density at radius 2 is 2.26 bits per heavy atom. The molecule has 23 heavy (non-hydrogen) atoms. The summed E-state index contributed by atoms with van der Waals surface area (Å²) in [5.41, 5.74) is 1.16. The summed E-state index contributed by atoms with van der Waals surface area (Å²) < 4.78 is 21.0. The molecule has 0 aliphatic heterocycles. The fourth-order valence-electron chi connectivity index (χ4n) is 2.95. The molecule has 124 valence electrons. The van der Waals surface area contributed by atoms with Gasteiger partial charge < -0.3 is 9.30 Å². The van der Waals surface area contributed by atoms with Gasteiger partial charge in [-0.05, 0) is 44.7 Å². The van der Waals surface area contributed by atoms with Crippen molar-refractivity contribution in [2.75, 3.05) is 6.61 Å². The minimum Gasteiger partial charge on any atom is -0.465 e. The lowest BCUT2D eigenvalue weighted by atomic mass is 10.2. The molecule has 0 bridgehead atoms. The first-order valence-electron chi connectivity index (χ1n) is 8.19. The fraction of sp³-hybridized carbons (Fsp3) is 0.529. The lowest BCUT2D eigenvalue weighted by Gasteiger charge is -2.16. The first-order chi connectivity index (χ1) is 11.2. The zero-order valence-corrected chi connectivity index (χ0v) is 13.5. The molecule has 1 aromatic heterocycles. The van der Waals surface area contributed by atoms with E-state index in [1.165, 1.54) is 6.07 Å². The Labute approximate surface area is 134 Å². The van der Waals surface area contributed by atoms with Crippen LogP contribution in [0, 0.1) is 11.7 Å². The van der Waals surface area contributed by atoms with Crippen LogP contribution < -0.4 is 5.32 Å². The number of aryl methyl sites for hydroxylation is 1. The minimum absolute atomic E-state index is 0.208. The van der Waals surface area contributed by atoms with Crippen LogP contribution in [0.1, 0.15) is 32.5 Å². The molecule has 0 spiro atoms. The van der Waals surface area contributed by atoms with Crippen LogP contribution in [0.5, 0.6) is 0 Å². The molecule has 1 N–H and O–H groups in total. The molecule has 1 saturated carbocycles. The third-order valence-corrected chi connectivity index (χ3v) is 4.24. The molecule has 1 aliphatic carbocycles. The quantitative estimate of drug-likeness (QED) is 0.797. The number of rotatable bonds is 7. The molecule has 1 aliphatic rings. The maximum absolute atomic E-state index is 13.9. The van der Waals surface area contributed by atoms with Crippen molar-refractivity contribution in [1.82, 2.24) is 14.9 Å². The topological polar surface area (TPSA) is 56.1 Å². The van der Waals surface area contributed by atoms with Crippen molar-refractivity contribution in [3.8, 4) is 0 Å². The molecular weight excluding hydrogens is 297 g/mol. The van der Waals surface area contributed by atoms with Gasteiger partial charge in [-0.15, -0.1) is 0 Å². The highest BCUT2D eigenvalue weighted by molar-refractivity contribution is 5.77. The highest BCUT2D eigenvalue weighted by Gasteiger charge is 2.37. The van der Waals surface area contributed by atoms with Crippen LogP contribution in [-0.4, -0.2) is 28.2 Å². The number of benzene rings is 1. The van der Waals surface area contributed by atoms with Gasteiger partial charge in [0.05, 0.1) is 18.7 Å². The zero-order chi connectivity index (χ0) is 16.4. The molecular formula is C17H22FN3O2. The maximum atomic E-state index is 13.9. The summed E-state index contributed by atoms with van der Waals surface area (Å²) in [6.07, 6.45) is 2.07. The average molecular weight is 319 g/mol. The largest absolute Gasteiger partial charge is 0.465 e. The molecule has 1 fully saturated rings. The fourth-order valence-corrected chi connectivity index (χ4v) is 2.95. The van der Waals surface area contributed by atoms with Crippen molar-refractivity contribution in [3.63, 3.8) is 0 Å². The number of esters is 1. The summed E-state index contributed by atoms with van der Waals surface area (Å²) in [6, 6.07) is 4.67. The van der Waals surface area contributed by atoms with Gasteiger partial charge in [-0.1, -0.05) is 6.07 Å². The predicted octanol–water partition coefficient (Wildman–Crippen LogP) is 2.63. The SMILES string of the molecule is CCOC(=O)[C@@H](NCc1nc2c(F)cccc2n1CC)C1CC1. The van der Waals surface area contributed by atoms with E-state index in [1.54, 1.807) is 13.0 Å². The van der Waals surface area contributed by atoms with E-state index in [0.29, 0.717) is 31.1 Å². The van der Waals surface area contributed by atoms with Gasteiger partial charge in [0.1, 0.15) is 17.4 Å². The van der Waals surface area contributed by atoms with Crippen molar-refractivity contribution >= 4 is 17.0 Å². The van der Waals surface area contributed by atoms with Gasteiger partial charge >= 0.3 is 5.97 Å². The molecule has 2 aromatic rings. The number of fused-ring (bicyclic) bond motifs is 1. The van der Waals surface area contributed by atoms with Gasteiger partial charge in [0, 0.05) is 6.54 Å². The van der Waals surface area contributed by atoms with E-state index in [0.717, 1.165) is 24.2 Å². The highest BCUT2D eigenvalue weighted by Crippen LogP contribution is 2.33. The van der Waals surface area contributed by atoms with E-state index < -0.39 is 0 Å². The first-order valence-corrected chi connectivity index (χ1v) is 8.19. The van der Waals surface area contributed by atoms with Crippen molar-refractivity contribution in [2.24, 2.45) is 5.92 Å². The highest BCUT2D eigenvalue weighted by atomic mass is 19.1. The Hall–Kier alpha value is -1.95. The van der Waals surface area contributed by atoms with Gasteiger partial charge in [0.15, 0.2) is 5.82 Å². The number of imidazole rings is 1. The molecule has 1 aromatic carbocycles. The number of carbonyl (C=O) groups is 1. The third kappa shape index (κ3) is 3.22. The summed E-state index contributed by atoms with van der Waals surface area (Å²) >= 11 is 0. The van der Waals surface area contributed by atoms with E-state index in [1.807, 2.05) is 17.6 Å². The molecule has 0 saturated heterocycles. The molecule has 1 atom stereocenters. The monoisotopic (exact) mass is 319 g/mol. The molecule has 1 heterocycles. The van der Waals surface area contributed by atoms with Crippen LogP contribution in [0.4, 0.5) is 4.39 Å². The Kier molecular flexibility index (Phi) is 4.61. The number of hydrogen-bond acceptors (Lipinski definition) is 4. The molecule has 5 nitrogen and oxygen atoms in total. The second kappa shape index (κ2) is 6.66. The van der Waals surface area contributed by atoms with E-state index in [2.05, 4.69) is 10.3 Å². The first kappa shape index (κ1) is 15.9. The number of nitrogens with one attached hydrogen (secondary N) is 1. The van der Waals surface area contributed by atoms with E-state index in [9.17, 15) is 9.18 Å². The van der Waals surface area contributed by atoms with E-state index in [-0.39, 0.29) is 17.8 Å². The number of carbonyl (C=O) groups excluding carboxylic acids is 1. The van der Waals surface area contributed by atoms with Gasteiger partial charge in [0.25, 0.3) is 0 Å². The summed E-state index contributed by atoms with van der Waals surface area (Å²) in [6.45, 7) is 5.30. The Balaban J connectivity index is 1.80. The predicted molar refractivity (Wildman–Crippen MR) is 85.3 cm³/mol. The number of nitrogens with zero attached hydrogens (tertiary/aromatic N) is 2. The van der Waals surface area contributed by atoms with Gasteiger partial charge in [0.2, 0.25) is 0 Å². The van der Waals surface area contributed by atoms with Crippen molar-refractivity contribution in [3.05, 3.63) is 29.8 Å². The summed E-state index contributed by atoms with van der Waals surface area (Å²) in [5, 5.41) is 3.26. The Morgan fingerprint density at radius 1 is 1.48 bits per heavy atom. The third-order valence-electron chi connectivity index (χ3n) is 4.24. The van der Waals surface area contributed by atoms with Crippen molar-refractivity contribution in [2.45, 2.75) is 45.8 Å². The van der Waals surface area contributed by atoms with Crippen LogP contribution in [0.15, 0.2) is 18.2 Å². The number of halogens is 1. The Bertz CT molecular complexity index is 709. The van der Waals surface area contributed by atoms with Gasteiger partial charge in [-0.3, -0.25) is 10.1 Å². The van der Waals surface area contributed by atoms with Crippen molar-refractivity contribution < 1.29 is 13.9 Å². The lowest BCUT2D eigenvalue weighted by Crippen LogP contribution is -2.40. The molecule has 3 rings (SSSR count). The zero-order valence-electron chi connectivity index (χ0n) is 13.5. The summed E-state index contributed by atoms with van der Waals surface area (Å²) in [4.78, 5) is 16.5. The number of para-hydroxylation sites is 1. The van der Waals surface area contributed by atoms with E-state index >= 15 is 0 Å². The van der Waals surface area contributed by atoms with Crippen LogP contribution in [-0.2, 0) is 22.6 Å². The van der Waals surface area contributed by atoms with Crippen molar-refractivity contribution in [1.29, 1.82) is 0 Å². The number of hydrogen-bond donors (Lipinski definition) is 1. The van der Waals surface area contributed by atoms with Gasteiger partial charge in [-0.2, -0.15) is 0 Å². The molecule has 0 unspecified atom stereocenters. The Morgan fingerprint density at radius 3 is 2.91 bits per heavy atom. The standard InChI is InChI=1S/C17H22FN3O2/c1-3-21-13-7-5-6-12(18)16(13)20-14(21)10-19-15(11-8-9-11)17(22)23-4-2/h5-7,11,15,19H,3-4,8-10H2,1-2H3/t15-/m0/s1.